The van der Waals surface area contributed by atoms with Crippen LogP contribution in [0.15, 0.2) is 24.4 Å². The van der Waals surface area contributed by atoms with Crippen molar-refractivity contribution in [2.45, 2.75) is 32.3 Å². The number of pyridine rings is 1. The highest BCUT2D eigenvalue weighted by Gasteiger charge is 2.27. The quantitative estimate of drug-likeness (QED) is 0.785. The Hall–Kier alpha value is -1.22. The Morgan fingerprint density at radius 2 is 2.29 bits per heavy atom. The molecule has 76 valence electrons. The molecule has 1 atom stereocenters. The molecular weight excluding hydrogens is 178 g/mol. The molecule has 1 aromatic heterocycles. The third kappa shape index (κ3) is 2.64. The number of hydrogen-bond acceptors (Lipinski definition) is 3. The Kier molecular flexibility index (Phi) is 3.36. The van der Waals surface area contributed by atoms with Gasteiger partial charge in [-0.05, 0) is 25.5 Å². The Bertz CT molecular complexity index is 306. The monoisotopic (exact) mass is 193 g/mol. The maximum atomic E-state index is 11.6. The van der Waals surface area contributed by atoms with Gasteiger partial charge in [0.2, 0.25) is 0 Å². The first-order chi connectivity index (χ1) is 6.56. The minimum Gasteiger partial charge on any atom is -0.382 e. The van der Waals surface area contributed by atoms with Crippen molar-refractivity contribution >= 4 is 5.78 Å². The zero-order chi connectivity index (χ0) is 10.6. The molecule has 0 saturated carbocycles. The van der Waals surface area contributed by atoms with Crippen molar-refractivity contribution in [3.63, 3.8) is 0 Å². The predicted octanol–water partition coefficient (Wildman–Crippen LogP) is 1.35. The summed E-state index contributed by atoms with van der Waals surface area (Å²) in [5, 5.41) is 9.68. The lowest BCUT2D eigenvalue weighted by Gasteiger charge is -2.18. The van der Waals surface area contributed by atoms with E-state index in [4.69, 9.17) is 0 Å². The van der Waals surface area contributed by atoms with Gasteiger partial charge >= 0.3 is 0 Å². The maximum absolute atomic E-state index is 11.6. The van der Waals surface area contributed by atoms with Gasteiger partial charge in [0.05, 0.1) is 6.42 Å². The van der Waals surface area contributed by atoms with Gasteiger partial charge in [-0.2, -0.15) is 0 Å². The van der Waals surface area contributed by atoms with Crippen LogP contribution in [0.2, 0.25) is 0 Å². The molecular formula is C11H15NO2. The van der Waals surface area contributed by atoms with Crippen molar-refractivity contribution in [2.24, 2.45) is 0 Å². The zero-order valence-corrected chi connectivity index (χ0v) is 8.53. The second-order valence-corrected chi connectivity index (χ2v) is 3.55. The molecule has 0 spiro atoms. The first kappa shape index (κ1) is 10.9. The Morgan fingerprint density at radius 1 is 1.57 bits per heavy atom. The van der Waals surface area contributed by atoms with Crippen molar-refractivity contribution in [2.75, 3.05) is 0 Å². The minimum atomic E-state index is -1.22. The smallest absolute Gasteiger partial charge is 0.169 e. The lowest BCUT2D eigenvalue weighted by molar-refractivity contribution is -0.135. The van der Waals surface area contributed by atoms with Gasteiger partial charge in [-0.3, -0.25) is 9.78 Å². The van der Waals surface area contributed by atoms with Crippen molar-refractivity contribution in [1.29, 1.82) is 0 Å². The molecule has 0 aliphatic heterocycles. The molecule has 0 fully saturated rings. The van der Waals surface area contributed by atoms with Crippen LogP contribution in [0.25, 0.3) is 0 Å². The minimum absolute atomic E-state index is 0.182. The normalized spacial score (nSPS) is 14.8. The number of hydrogen-bond donors (Lipinski definition) is 1. The summed E-state index contributed by atoms with van der Waals surface area (Å²) in [5.41, 5.74) is -0.524. The fourth-order valence-corrected chi connectivity index (χ4v) is 1.05. The number of aromatic nitrogens is 1. The Balaban J connectivity index is 2.67. The van der Waals surface area contributed by atoms with Gasteiger partial charge in [0.25, 0.3) is 0 Å². The third-order valence-corrected chi connectivity index (χ3v) is 2.36. The largest absolute Gasteiger partial charge is 0.382 e. The lowest BCUT2D eigenvalue weighted by Crippen LogP contribution is -2.35. The first-order valence-electron chi connectivity index (χ1n) is 4.72. The van der Waals surface area contributed by atoms with E-state index in [1.165, 1.54) is 6.92 Å². The fraction of sp³-hybridized carbons (Fsp3) is 0.455. The average molecular weight is 193 g/mol. The number of nitrogens with zero attached hydrogens (tertiary/aromatic N) is 1. The second-order valence-electron chi connectivity index (χ2n) is 3.55. The summed E-state index contributed by atoms with van der Waals surface area (Å²) in [7, 11) is 0. The van der Waals surface area contributed by atoms with E-state index in [0.717, 1.165) is 0 Å². The van der Waals surface area contributed by atoms with Crippen molar-refractivity contribution in [1.82, 2.24) is 4.98 Å². The second kappa shape index (κ2) is 4.33. The number of rotatable bonds is 4. The van der Waals surface area contributed by atoms with Crippen LogP contribution in [0, 0.1) is 0 Å². The van der Waals surface area contributed by atoms with E-state index in [-0.39, 0.29) is 12.2 Å². The van der Waals surface area contributed by atoms with Crippen LogP contribution in [-0.4, -0.2) is 21.5 Å². The van der Waals surface area contributed by atoms with Gasteiger partial charge < -0.3 is 5.11 Å². The summed E-state index contributed by atoms with van der Waals surface area (Å²) in [4.78, 5) is 15.6. The van der Waals surface area contributed by atoms with Crippen LogP contribution in [0.1, 0.15) is 26.0 Å². The molecule has 0 aromatic carbocycles. The van der Waals surface area contributed by atoms with Crippen LogP contribution < -0.4 is 0 Å². The number of aliphatic hydroxyl groups is 1. The molecule has 1 aromatic rings. The highest BCUT2D eigenvalue weighted by molar-refractivity contribution is 5.88. The molecule has 0 bridgehead atoms. The topological polar surface area (TPSA) is 50.2 Å². The highest BCUT2D eigenvalue weighted by Crippen LogP contribution is 2.12. The Morgan fingerprint density at radius 3 is 2.79 bits per heavy atom. The van der Waals surface area contributed by atoms with Crippen molar-refractivity contribution in [3.8, 4) is 0 Å². The number of carbonyl (C=O) groups is 1. The molecule has 0 saturated heterocycles. The highest BCUT2D eigenvalue weighted by atomic mass is 16.3. The van der Waals surface area contributed by atoms with Gasteiger partial charge in [-0.15, -0.1) is 0 Å². The van der Waals surface area contributed by atoms with Crippen LogP contribution >= 0.6 is 0 Å². The van der Waals surface area contributed by atoms with E-state index >= 15 is 0 Å². The van der Waals surface area contributed by atoms with Crippen LogP contribution in [0.3, 0.4) is 0 Å². The molecule has 0 radical (unpaired) electrons. The summed E-state index contributed by atoms with van der Waals surface area (Å²) >= 11 is 0. The fourth-order valence-electron chi connectivity index (χ4n) is 1.05. The molecule has 0 aliphatic rings. The maximum Gasteiger partial charge on any atom is 0.169 e. The molecule has 14 heavy (non-hydrogen) atoms. The summed E-state index contributed by atoms with van der Waals surface area (Å²) < 4.78 is 0. The zero-order valence-electron chi connectivity index (χ0n) is 8.53. The summed E-state index contributed by atoms with van der Waals surface area (Å²) in [5.74, 6) is -0.182. The van der Waals surface area contributed by atoms with E-state index in [2.05, 4.69) is 4.98 Å². The number of carbonyl (C=O) groups excluding carboxylic acids is 1. The van der Waals surface area contributed by atoms with Gasteiger partial charge in [0, 0.05) is 11.9 Å². The summed E-state index contributed by atoms with van der Waals surface area (Å²) in [6.45, 7) is 3.33. The van der Waals surface area contributed by atoms with Crippen LogP contribution in [0.5, 0.6) is 0 Å². The molecule has 3 heteroatoms. The van der Waals surface area contributed by atoms with E-state index in [9.17, 15) is 9.90 Å². The van der Waals surface area contributed by atoms with Gasteiger partial charge in [-0.1, -0.05) is 13.0 Å². The van der Waals surface area contributed by atoms with E-state index in [1.807, 2.05) is 6.07 Å². The Labute approximate surface area is 83.8 Å². The van der Waals surface area contributed by atoms with Crippen molar-refractivity contribution < 1.29 is 9.90 Å². The molecule has 1 heterocycles. The van der Waals surface area contributed by atoms with Gasteiger partial charge in [0.15, 0.2) is 5.78 Å². The molecule has 0 amide bonds. The first-order valence-corrected chi connectivity index (χ1v) is 4.72. The van der Waals surface area contributed by atoms with Crippen molar-refractivity contribution in [3.05, 3.63) is 30.1 Å². The lowest BCUT2D eigenvalue weighted by atomic mass is 9.94. The molecule has 1 rings (SSSR count). The average Bonchev–Trinajstić information content (AvgIpc) is 2.19. The van der Waals surface area contributed by atoms with E-state index < -0.39 is 5.60 Å². The molecule has 1 unspecified atom stereocenters. The van der Waals surface area contributed by atoms with Crippen LogP contribution in [-0.2, 0) is 11.2 Å². The predicted molar refractivity (Wildman–Crippen MR) is 53.9 cm³/mol. The number of Topliss-reactive ketones (excluding diaryl/α,β-unsaturated/α-hetero) is 1. The van der Waals surface area contributed by atoms with Crippen LogP contribution in [0.4, 0.5) is 0 Å². The summed E-state index contributed by atoms with van der Waals surface area (Å²) in [6, 6.07) is 5.41. The number of ketones is 1. The molecule has 1 N–H and O–H groups in total. The van der Waals surface area contributed by atoms with E-state index in [1.54, 1.807) is 25.3 Å². The summed E-state index contributed by atoms with van der Waals surface area (Å²) in [6.07, 6.45) is 2.27. The van der Waals surface area contributed by atoms with Gasteiger partial charge in [0.1, 0.15) is 5.60 Å². The molecule has 0 aliphatic carbocycles. The third-order valence-electron chi connectivity index (χ3n) is 2.36. The SMILES string of the molecule is CCC(C)(O)C(=O)Cc1ccccn1. The van der Waals surface area contributed by atoms with Gasteiger partial charge in [-0.25, -0.2) is 0 Å². The van der Waals surface area contributed by atoms with E-state index in [0.29, 0.717) is 12.1 Å². The standard InChI is InChI=1S/C11H15NO2/c1-3-11(2,14)10(13)8-9-6-4-5-7-12-9/h4-7,14H,3,8H2,1-2H3. The molecule has 3 nitrogen and oxygen atoms in total.